The molecule has 2 aromatic heterocycles. The fourth-order valence-corrected chi connectivity index (χ4v) is 4.42. The number of amides is 1. The number of imidazole rings is 1. The molecule has 8 nitrogen and oxygen atoms in total. The van der Waals surface area contributed by atoms with Crippen molar-refractivity contribution in [1.82, 2.24) is 24.8 Å². The van der Waals surface area contributed by atoms with E-state index in [2.05, 4.69) is 24.8 Å². The van der Waals surface area contributed by atoms with Crippen molar-refractivity contribution in [3.05, 3.63) is 12.7 Å². The average molecular weight is 358 g/mol. The summed E-state index contributed by atoms with van der Waals surface area (Å²) in [5, 5.41) is 0. The molecule has 0 unspecified atom stereocenters. The lowest BCUT2D eigenvalue weighted by Gasteiger charge is -2.48. The smallest absolute Gasteiger partial charge is 0.222 e. The van der Waals surface area contributed by atoms with Gasteiger partial charge in [0.05, 0.1) is 6.33 Å². The zero-order valence-corrected chi connectivity index (χ0v) is 15.3. The van der Waals surface area contributed by atoms with E-state index in [4.69, 9.17) is 4.74 Å². The summed E-state index contributed by atoms with van der Waals surface area (Å²) in [6.07, 6.45) is 8.02. The van der Waals surface area contributed by atoms with E-state index >= 15 is 0 Å². The Balaban J connectivity index is 1.52. The number of aromatic amines is 1. The molecule has 0 aliphatic carbocycles. The molecular formula is C18H26N6O2. The molecule has 26 heavy (non-hydrogen) atoms. The second-order valence-corrected chi connectivity index (χ2v) is 7.49. The van der Waals surface area contributed by atoms with Crippen LogP contribution in [-0.2, 0) is 9.53 Å². The van der Waals surface area contributed by atoms with Gasteiger partial charge in [-0.3, -0.25) is 4.79 Å². The first-order valence-corrected chi connectivity index (χ1v) is 9.37. The summed E-state index contributed by atoms with van der Waals surface area (Å²) in [5.41, 5.74) is 1.75. The maximum absolute atomic E-state index is 12.3. The van der Waals surface area contributed by atoms with Crippen molar-refractivity contribution in [2.75, 3.05) is 44.8 Å². The fraction of sp³-hybridized carbons (Fsp3) is 0.667. The van der Waals surface area contributed by atoms with E-state index in [-0.39, 0.29) is 11.3 Å². The van der Waals surface area contributed by atoms with E-state index in [1.54, 1.807) is 19.8 Å². The van der Waals surface area contributed by atoms with E-state index in [0.717, 1.165) is 63.2 Å². The predicted molar refractivity (Wildman–Crippen MR) is 97.9 cm³/mol. The normalized spacial score (nSPS) is 24.0. The first-order chi connectivity index (χ1) is 12.7. The van der Waals surface area contributed by atoms with Gasteiger partial charge in [0.1, 0.15) is 11.8 Å². The van der Waals surface area contributed by atoms with Crippen LogP contribution in [0.25, 0.3) is 11.2 Å². The molecule has 1 N–H and O–H groups in total. The monoisotopic (exact) mass is 358 g/mol. The van der Waals surface area contributed by atoms with Gasteiger partial charge in [-0.25, -0.2) is 15.0 Å². The number of ether oxygens (including phenoxy) is 1. The molecule has 1 atom stereocenters. The number of fused-ring (bicyclic) bond motifs is 1. The molecular weight excluding hydrogens is 332 g/mol. The Labute approximate surface area is 153 Å². The van der Waals surface area contributed by atoms with Gasteiger partial charge in [-0.15, -0.1) is 0 Å². The summed E-state index contributed by atoms with van der Waals surface area (Å²) in [4.78, 5) is 32.9. The molecule has 4 heterocycles. The SMILES string of the molecule is COCCCN1C[C@@]2(CCCN(c3ncnc4nc[nH]c34)C2)CCC1=O. The van der Waals surface area contributed by atoms with Crippen molar-refractivity contribution in [1.29, 1.82) is 0 Å². The number of hydrogen-bond donors (Lipinski definition) is 1. The lowest BCUT2D eigenvalue weighted by molar-refractivity contribution is -0.138. The predicted octanol–water partition coefficient (Wildman–Crippen LogP) is 1.60. The van der Waals surface area contributed by atoms with Gasteiger partial charge in [0.15, 0.2) is 11.5 Å². The van der Waals surface area contributed by atoms with Crippen LogP contribution in [0, 0.1) is 5.41 Å². The van der Waals surface area contributed by atoms with Crippen molar-refractivity contribution >= 4 is 22.9 Å². The van der Waals surface area contributed by atoms with E-state index in [0.29, 0.717) is 18.7 Å². The van der Waals surface area contributed by atoms with Crippen molar-refractivity contribution in [3.63, 3.8) is 0 Å². The highest BCUT2D eigenvalue weighted by Gasteiger charge is 2.42. The van der Waals surface area contributed by atoms with Crippen molar-refractivity contribution in [2.24, 2.45) is 5.41 Å². The summed E-state index contributed by atoms with van der Waals surface area (Å²) in [6, 6.07) is 0. The molecule has 2 aliphatic rings. The number of piperidine rings is 2. The van der Waals surface area contributed by atoms with E-state index < -0.39 is 0 Å². The molecule has 0 radical (unpaired) electrons. The molecule has 140 valence electrons. The van der Waals surface area contributed by atoms with E-state index in [1.165, 1.54) is 0 Å². The first kappa shape index (κ1) is 17.2. The summed E-state index contributed by atoms with van der Waals surface area (Å²) in [7, 11) is 1.70. The van der Waals surface area contributed by atoms with Gasteiger partial charge in [-0.1, -0.05) is 0 Å². The maximum Gasteiger partial charge on any atom is 0.222 e. The fourth-order valence-electron chi connectivity index (χ4n) is 4.42. The van der Waals surface area contributed by atoms with Gasteiger partial charge >= 0.3 is 0 Å². The minimum atomic E-state index is 0.149. The van der Waals surface area contributed by atoms with Gasteiger partial charge < -0.3 is 19.5 Å². The van der Waals surface area contributed by atoms with Gasteiger partial charge in [0, 0.05) is 51.7 Å². The molecule has 2 aromatic rings. The molecule has 0 saturated carbocycles. The largest absolute Gasteiger partial charge is 0.385 e. The molecule has 1 amide bonds. The Bertz CT molecular complexity index is 778. The second-order valence-electron chi connectivity index (χ2n) is 7.49. The Morgan fingerprint density at radius 1 is 1.27 bits per heavy atom. The number of H-pyrrole nitrogens is 1. The number of methoxy groups -OCH3 is 1. The Hall–Kier alpha value is -2.22. The molecule has 2 aliphatic heterocycles. The maximum atomic E-state index is 12.3. The number of nitrogens with zero attached hydrogens (tertiary/aromatic N) is 5. The molecule has 0 bridgehead atoms. The minimum Gasteiger partial charge on any atom is -0.385 e. The highest BCUT2D eigenvalue weighted by Crippen LogP contribution is 2.40. The zero-order chi connectivity index (χ0) is 18.0. The number of carbonyl (C=O) groups excluding carboxylic acids is 1. The Kier molecular flexibility index (Phi) is 4.76. The van der Waals surface area contributed by atoms with Crippen LogP contribution in [0.1, 0.15) is 32.1 Å². The van der Waals surface area contributed by atoms with Crippen molar-refractivity contribution < 1.29 is 9.53 Å². The van der Waals surface area contributed by atoms with Gasteiger partial charge in [-0.2, -0.15) is 0 Å². The van der Waals surface area contributed by atoms with Gasteiger partial charge in [0.25, 0.3) is 0 Å². The van der Waals surface area contributed by atoms with Crippen LogP contribution in [0.4, 0.5) is 5.82 Å². The van der Waals surface area contributed by atoms with Gasteiger partial charge in [-0.05, 0) is 25.7 Å². The van der Waals surface area contributed by atoms with Crippen LogP contribution in [0.15, 0.2) is 12.7 Å². The summed E-state index contributed by atoms with van der Waals surface area (Å²) >= 11 is 0. The molecule has 2 saturated heterocycles. The zero-order valence-electron chi connectivity index (χ0n) is 15.3. The van der Waals surface area contributed by atoms with Gasteiger partial charge in [0.2, 0.25) is 5.91 Å². The Morgan fingerprint density at radius 3 is 3.08 bits per heavy atom. The topological polar surface area (TPSA) is 87.2 Å². The lowest BCUT2D eigenvalue weighted by atomic mass is 9.73. The van der Waals surface area contributed by atoms with Crippen LogP contribution in [-0.4, -0.2) is 70.6 Å². The summed E-state index contributed by atoms with van der Waals surface area (Å²) in [6.45, 7) is 4.22. The number of rotatable bonds is 5. The standard InChI is InChI=1S/C18H26N6O2/c1-26-9-3-8-23-10-18(6-4-14(23)25)5-2-7-24(11-18)17-15-16(20-12-19-15)21-13-22-17/h12-13H,2-11H2,1H3,(H,19,20,21,22)/t18-/m1/s1. The number of likely N-dealkylation sites (tertiary alicyclic amines) is 1. The third kappa shape index (κ3) is 3.25. The Morgan fingerprint density at radius 2 is 2.19 bits per heavy atom. The molecule has 8 heteroatoms. The molecule has 0 aromatic carbocycles. The first-order valence-electron chi connectivity index (χ1n) is 9.37. The lowest BCUT2D eigenvalue weighted by Crippen LogP contribution is -2.54. The third-order valence-electron chi connectivity index (χ3n) is 5.69. The summed E-state index contributed by atoms with van der Waals surface area (Å²) in [5.74, 6) is 1.20. The molecule has 1 spiro atoms. The molecule has 2 fully saturated rings. The van der Waals surface area contributed by atoms with Crippen molar-refractivity contribution in [2.45, 2.75) is 32.1 Å². The average Bonchev–Trinajstić information content (AvgIpc) is 3.14. The quantitative estimate of drug-likeness (QED) is 0.817. The highest BCUT2D eigenvalue weighted by molar-refractivity contribution is 5.82. The van der Waals surface area contributed by atoms with Crippen LogP contribution >= 0.6 is 0 Å². The van der Waals surface area contributed by atoms with Crippen molar-refractivity contribution in [3.8, 4) is 0 Å². The van der Waals surface area contributed by atoms with Crippen LogP contribution in [0.2, 0.25) is 0 Å². The summed E-state index contributed by atoms with van der Waals surface area (Å²) < 4.78 is 5.14. The van der Waals surface area contributed by atoms with Crippen LogP contribution in [0.3, 0.4) is 0 Å². The van der Waals surface area contributed by atoms with Crippen LogP contribution in [0.5, 0.6) is 0 Å². The number of aromatic nitrogens is 4. The number of anilines is 1. The number of hydrogen-bond acceptors (Lipinski definition) is 6. The highest BCUT2D eigenvalue weighted by atomic mass is 16.5. The van der Waals surface area contributed by atoms with Crippen LogP contribution < -0.4 is 4.90 Å². The van der Waals surface area contributed by atoms with E-state index in [9.17, 15) is 4.79 Å². The second kappa shape index (κ2) is 7.19. The number of nitrogens with one attached hydrogen (secondary N) is 1. The number of carbonyl (C=O) groups is 1. The minimum absolute atomic E-state index is 0.149. The van der Waals surface area contributed by atoms with E-state index in [1.807, 2.05) is 4.90 Å². The third-order valence-corrected chi connectivity index (χ3v) is 5.69. The molecule has 4 rings (SSSR count).